The molecular weight excluding hydrogens is 250 g/mol. The van der Waals surface area contributed by atoms with Gasteiger partial charge in [0.15, 0.2) is 0 Å². The van der Waals surface area contributed by atoms with Crippen molar-refractivity contribution in [1.82, 2.24) is 9.80 Å². The van der Waals surface area contributed by atoms with Crippen LogP contribution in [0.3, 0.4) is 0 Å². The molecule has 1 fully saturated rings. The van der Waals surface area contributed by atoms with Gasteiger partial charge in [0.2, 0.25) is 5.91 Å². The summed E-state index contributed by atoms with van der Waals surface area (Å²) in [6, 6.07) is 6.67. The molecule has 1 amide bonds. The molecule has 0 spiro atoms. The molecule has 1 saturated heterocycles. The van der Waals surface area contributed by atoms with E-state index < -0.39 is 0 Å². The van der Waals surface area contributed by atoms with Gasteiger partial charge in [0.25, 0.3) is 0 Å². The number of rotatable bonds is 2. The van der Waals surface area contributed by atoms with E-state index in [1.807, 2.05) is 20.2 Å². The summed E-state index contributed by atoms with van der Waals surface area (Å²) in [7, 11) is 3.70. The van der Waals surface area contributed by atoms with E-state index in [2.05, 4.69) is 17.0 Å². The van der Waals surface area contributed by atoms with Gasteiger partial charge in [-0.25, -0.2) is 0 Å². The molecule has 108 valence electrons. The van der Waals surface area contributed by atoms with Gasteiger partial charge in [-0.3, -0.25) is 9.69 Å². The average Bonchev–Trinajstić information content (AvgIpc) is 3.02. The van der Waals surface area contributed by atoms with E-state index in [1.165, 1.54) is 11.1 Å². The minimum Gasteiger partial charge on any atom is -0.399 e. The van der Waals surface area contributed by atoms with Gasteiger partial charge < -0.3 is 10.6 Å². The summed E-state index contributed by atoms with van der Waals surface area (Å²) in [6.07, 6.45) is 4.28. The van der Waals surface area contributed by atoms with Crippen molar-refractivity contribution in [2.24, 2.45) is 0 Å². The topological polar surface area (TPSA) is 49.6 Å². The molecular formula is C16H23N3O. The Hall–Kier alpha value is -1.55. The Labute approximate surface area is 120 Å². The molecule has 0 saturated carbocycles. The fourth-order valence-electron chi connectivity index (χ4n) is 3.68. The molecule has 20 heavy (non-hydrogen) atoms. The molecule has 0 bridgehead atoms. The van der Waals surface area contributed by atoms with Crippen LogP contribution >= 0.6 is 0 Å². The lowest BCUT2D eigenvalue weighted by Gasteiger charge is -2.31. The van der Waals surface area contributed by atoms with E-state index in [4.69, 9.17) is 5.73 Å². The third-order valence-corrected chi connectivity index (χ3v) is 4.63. The second-order valence-corrected chi connectivity index (χ2v) is 6.14. The van der Waals surface area contributed by atoms with Gasteiger partial charge in [-0.05, 0) is 55.5 Å². The Kier molecular flexibility index (Phi) is 3.42. The lowest BCUT2D eigenvalue weighted by atomic mass is 10.0. The van der Waals surface area contributed by atoms with Crippen molar-refractivity contribution >= 4 is 11.6 Å². The van der Waals surface area contributed by atoms with Crippen molar-refractivity contribution in [2.45, 2.75) is 37.8 Å². The standard InChI is InChI=1S/C16H23N3O/c1-18(2)16(20)15-4-3-9-19(15)14-8-5-11-10-12(17)6-7-13(11)14/h6-7,10,14-15H,3-5,8-9,17H2,1-2H3. The van der Waals surface area contributed by atoms with E-state index in [-0.39, 0.29) is 11.9 Å². The number of likely N-dealkylation sites (N-methyl/N-ethyl adjacent to an activating group) is 1. The van der Waals surface area contributed by atoms with E-state index in [0.29, 0.717) is 6.04 Å². The normalized spacial score (nSPS) is 25.7. The van der Waals surface area contributed by atoms with Crippen LogP contribution in [0.1, 0.15) is 36.4 Å². The first-order valence-corrected chi connectivity index (χ1v) is 7.43. The van der Waals surface area contributed by atoms with Crippen molar-refractivity contribution in [3.63, 3.8) is 0 Å². The molecule has 0 aromatic heterocycles. The highest BCUT2D eigenvalue weighted by atomic mass is 16.2. The van der Waals surface area contributed by atoms with Crippen molar-refractivity contribution in [1.29, 1.82) is 0 Å². The molecule has 1 aromatic rings. The van der Waals surface area contributed by atoms with Gasteiger partial charge in [-0.1, -0.05) is 6.07 Å². The number of nitrogens with two attached hydrogens (primary N) is 1. The highest BCUT2D eigenvalue weighted by Crippen LogP contribution is 2.40. The largest absolute Gasteiger partial charge is 0.399 e. The molecule has 1 heterocycles. The molecule has 2 atom stereocenters. The summed E-state index contributed by atoms with van der Waals surface area (Å²) < 4.78 is 0. The maximum atomic E-state index is 12.3. The highest BCUT2D eigenvalue weighted by molar-refractivity contribution is 5.81. The Morgan fingerprint density at radius 2 is 2.15 bits per heavy atom. The Morgan fingerprint density at radius 1 is 1.35 bits per heavy atom. The monoisotopic (exact) mass is 273 g/mol. The summed E-state index contributed by atoms with van der Waals surface area (Å²) in [6.45, 7) is 1.03. The van der Waals surface area contributed by atoms with Gasteiger partial charge in [0.05, 0.1) is 6.04 Å². The summed E-state index contributed by atoms with van der Waals surface area (Å²) in [5.41, 5.74) is 9.44. The number of fused-ring (bicyclic) bond motifs is 1. The summed E-state index contributed by atoms with van der Waals surface area (Å²) in [5, 5.41) is 0. The van der Waals surface area contributed by atoms with Crippen molar-refractivity contribution in [3.8, 4) is 0 Å². The van der Waals surface area contributed by atoms with E-state index in [1.54, 1.807) is 4.90 Å². The van der Waals surface area contributed by atoms with Crippen LogP contribution in [0.25, 0.3) is 0 Å². The number of hydrogen-bond donors (Lipinski definition) is 1. The van der Waals surface area contributed by atoms with Crippen LogP contribution in [0.15, 0.2) is 18.2 Å². The van der Waals surface area contributed by atoms with Crippen LogP contribution in [0.5, 0.6) is 0 Å². The van der Waals surface area contributed by atoms with Gasteiger partial charge in [0, 0.05) is 25.8 Å². The second-order valence-electron chi connectivity index (χ2n) is 6.14. The number of nitrogen functional groups attached to an aromatic ring is 1. The van der Waals surface area contributed by atoms with Crippen LogP contribution in [0.4, 0.5) is 5.69 Å². The van der Waals surface area contributed by atoms with Crippen LogP contribution in [-0.2, 0) is 11.2 Å². The fraction of sp³-hybridized carbons (Fsp3) is 0.562. The molecule has 0 radical (unpaired) electrons. The third-order valence-electron chi connectivity index (χ3n) is 4.63. The minimum absolute atomic E-state index is 0.0542. The Bertz CT molecular complexity index is 526. The smallest absolute Gasteiger partial charge is 0.239 e. The number of carbonyl (C=O) groups is 1. The maximum absolute atomic E-state index is 12.3. The second kappa shape index (κ2) is 5.09. The Morgan fingerprint density at radius 3 is 2.90 bits per heavy atom. The molecule has 2 aliphatic rings. The number of aryl methyl sites for hydroxylation is 1. The molecule has 4 nitrogen and oxygen atoms in total. The molecule has 1 aromatic carbocycles. The quantitative estimate of drug-likeness (QED) is 0.836. The number of amides is 1. The van der Waals surface area contributed by atoms with Crippen molar-refractivity contribution in [3.05, 3.63) is 29.3 Å². The number of carbonyl (C=O) groups excluding carboxylic acids is 1. The number of hydrogen-bond acceptors (Lipinski definition) is 3. The zero-order valence-corrected chi connectivity index (χ0v) is 12.3. The van der Waals surface area contributed by atoms with E-state index in [9.17, 15) is 4.79 Å². The van der Waals surface area contributed by atoms with Crippen molar-refractivity contribution in [2.75, 3.05) is 26.4 Å². The van der Waals surface area contributed by atoms with Crippen LogP contribution in [0.2, 0.25) is 0 Å². The lowest BCUT2D eigenvalue weighted by Crippen LogP contribution is -2.43. The first-order valence-electron chi connectivity index (χ1n) is 7.43. The number of likely N-dealkylation sites (tertiary alicyclic amines) is 1. The maximum Gasteiger partial charge on any atom is 0.239 e. The van der Waals surface area contributed by atoms with Crippen LogP contribution < -0.4 is 5.73 Å². The predicted molar refractivity (Wildman–Crippen MR) is 80.3 cm³/mol. The average molecular weight is 273 g/mol. The number of anilines is 1. The van der Waals surface area contributed by atoms with Gasteiger partial charge in [-0.2, -0.15) is 0 Å². The predicted octanol–water partition coefficient (Wildman–Crippen LogP) is 1.81. The molecule has 2 N–H and O–H groups in total. The SMILES string of the molecule is CN(C)C(=O)C1CCCN1C1CCc2cc(N)ccc21. The van der Waals surface area contributed by atoms with Gasteiger partial charge >= 0.3 is 0 Å². The highest BCUT2D eigenvalue weighted by Gasteiger charge is 2.38. The fourth-order valence-corrected chi connectivity index (χ4v) is 3.68. The number of benzene rings is 1. The third kappa shape index (κ3) is 2.18. The first-order chi connectivity index (χ1) is 9.58. The molecule has 2 unspecified atom stereocenters. The number of nitrogens with zero attached hydrogens (tertiary/aromatic N) is 2. The Balaban J connectivity index is 1.86. The molecule has 1 aliphatic carbocycles. The molecule has 4 heteroatoms. The van der Waals surface area contributed by atoms with Crippen LogP contribution in [0, 0.1) is 0 Å². The van der Waals surface area contributed by atoms with E-state index in [0.717, 1.165) is 37.9 Å². The first kappa shape index (κ1) is 13.4. The minimum atomic E-state index is 0.0542. The molecule has 3 rings (SSSR count). The van der Waals surface area contributed by atoms with Gasteiger partial charge in [0.1, 0.15) is 0 Å². The van der Waals surface area contributed by atoms with Crippen molar-refractivity contribution < 1.29 is 4.79 Å². The lowest BCUT2D eigenvalue weighted by molar-refractivity contribution is -0.134. The zero-order chi connectivity index (χ0) is 14.3. The molecule has 1 aliphatic heterocycles. The zero-order valence-electron chi connectivity index (χ0n) is 12.3. The van der Waals surface area contributed by atoms with E-state index >= 15 is 0 Å². The summed E-state index contributed by atoms with van der Waals surface area (Å²) in [5.74, 6) is 0.242. The van der Waals surface area contributed by atoms with Crippen LogP contribution in [-0.4, -0.2) is 42.4 Å². The summed E-state index contributed by atoms with van der Waals surface area (Å²) >= 11 is 0. The summed E-state index contributed by atoms with van der Waals surface area (Å²) in [4.78, 5) is 16.5. The van der Waals surface area contributed by atoms with Gasteiger partial charge in [-0.15, -0.1) is 0 Å².